The van der Waals surface area contributed by atoms with Crippen LogP contribution in [-0.4, -0.2) is 14.1 Å². The van der Waals surface area contributed by atoms with Crippen LogP contribution in [0, 0.1) is 6.92 Å². The molecule has 1 unspecified atom stereocenters. The first-order chi connectivity index (χ1) is 9.61. The normalized spacial score (nSPS) is 12.0. The fourth-order valence-electron chi connectivity index (χ4n) is 2.38. The van der Waals surface area contributed by atoms with Crippen LogP contribution in [-0.2, 0) is 0 Å². The van der Waals surface area contributed by atoms with Gasteiger partial charge in [-0.1, -0.05) is 37.3 Å². The highest BCUT2D eigenvalue weighted by Crippen LogP contribution is 2.27. The summed E-state index contributed by atoms with van der Waals surface area (Å²) in [5.41, 5.74) is 5.07. The third-order valence-corrected chi connectivity index (χ3v) is 3.67. The van der Waals surface area contributed by atoms with Crippen molar-refractivity contribution in [1.29, 1.82) is 0 Å². The van der Waals surface area contributed by atoms with Crippen molar-refractivity contribution in [1.82, 2.24) is 0 Å². The van der Waals surface area contributed by atoms with Crippen LogP contribution in [0.1, 0.15) is 30.5 Å². The van der Waals surface area contributed by atoms with Gasteiger partial charge in [0.25, 0.3) is 0 Å². The molecule has 2 nitrogen and oxygen atoms in total. The van der Waals surface area contributed by atoms with Gasteiger partial charge in [0.1, 0.15) is 0 Å². The van der Waals surface area contributed by atoms with E-state index in [1.165, 1.54) is 22.5 Å². The van der Waals surface area contributed by atoms with Crippen LogP contribution >= 0.6 is 0 Å². The van der Waals surface area contributed by atoms with Crippen LogP contribution in [0.25, 0.3) is 0 Å². The van der Waals surface area contributed by atoms with Gasteiger partial charge in [0.15, 0.2) is 0 Å². The lowest BCUT2D eigenvalue weighted by atomic mass is 10.0. The fraction of sp³-hybridized carbons (Fsp3) is 0.333. The second kappa shape index (κ2) is 6.47. The molecule has 2 aromatic carbocycles. The van der Waals surface area contributed by atoms with Crippen LogP contribution in [0.3, 0.4) is 0 Å². The van der Waals surface area contributed by atoms with Crippen LogP contribution in [0.15, 0.2) is 48.5 Å². The molecule has 0 fully saturated rings. The van der Waals surface area contributed by atoms with E-state index < -0.39 is 0 Å². The SMILES string of the molecule is CCC(Nc1ccc(N(C)C)cc1C)c1ccccc1. The van der Waals surface area contributed by atoms with Crippen molar-refractivity contribution in [2.75, 3.05) is 24.3 Å². The standard InChI is InChI=1S/C18H24N2/c1-5-17(15-9-7-6-8-10-15)19-18-12-11-16(20(3)4)13-14(18)2/h6-13,17,19H,5H2,1-4H3. The van der Waals surface area contributed by atoms with Gasteiger partial charge >= 0.3 is 0 Å². The van der Waals surface area contributed by atoms with Crippen LogP contribution in [0.5, 0.6) is 0 Å². The van der Waals surface area contributed by atoms with E-state index in [1.54, 1.807) is 0 Å². The summed E-state index contributed by atoms with van der Waals surface area (Å²) in [5, 5.41) is 3.66. The maximum absolute atomic E-state index is 3.66. The lowest BCUT2D eigenvalue weighted by Gasteiger charge is -2.21. The predicted molar refractivity (Wildman–Crippen MR) is 88.6 cm³/mol. The molecule has 0 aliphatic carbocycles. The maximum Gasteiger partial charge on any atom is 0.0511 e. The number of anilines is 2. The molecule has 1 atom stereocenters. The Labute approximate surface area is 122 Å². The van der Waals surface area contributed by atoms with E-state index >= 15 is 0 Å². The van der Waals surface area contributed by atoms with Crippen molar-refractivity contribution >= 4 is 11.4 Å². The molecule has 0 spiro atoms. The Morgan fingerprint density at radius 1 is 1.05 bits per heavy atom. The molecule has 106 valence electrons. The molecule has 0 saturated heterocycles. The van der Waals surface area contributed by atoms with Crippen molar-refractivity contribution in [3.05, 3.63) is 59.7 Å². The molecule has 0 heterocycles. The summed E-state index contributed by atoms with van der Waals surface area (Å²) in [7, 11) is 4.14. The fourth-order valence-corrected chi connectivity index (χ4v) is 2.38. The molecule has 20 heavy (non-hydrogen) atoms. The van der Waals surface area contributed by atoms with Crippen LogP contribution in [0.4, 0.5) is 11.4 Å². The zero-order chi connectivity index (χ0) is 14.5. The van der Waals surface area contributed by atoms with Crippen molar-refractivity contribution in [3.8, 4) is 0 Å². The predicted octanol–water partition coefficient (Wildman–Crippen LogP) is 4.62. The Hall–Kier alpha value is -1.96. The van der Waals surface area contributed by atoms with Gasteiger partial charge in [0.2, 0.25) is 0 Å². The number of nitrogens with one attached hydrogen (secondary N) is 1. The smallest absolute Gasteiger partial charge is 0.0511 e. The quantitative estimate of drug-likeness (QED) is 0.851. The summed E-state index contributed by atoms with van der Waals surface area (Å²) in [4.78, 5) is 2.13. The molecule has 0 aliphatic rings. The van der Waals surface area contributed by atoms with E-state index in [-0.39, 0.29) is 0 Å². The van der Waals surface area contributed by atoms with E-state index in [1.807, 2.05) is 0 Å². The maximum atomic E-state index is 3.66. The van der Waals surface area contributed by atoms with E-state index in [0.29, 0.717) is 6.04 Å². The van der Waals surface area contributed by atoms with Crippen molar-refractivity contribution in [3.63, 3.8) is 0 Å². The number of rotatable bonds is 5. The number of hydrogen-bond acceptors (Lipinski definition) is 2. The highest BCUT2D eigenvalue weighted by molar-refractivity contribution is 5.60. The summed E-state index contributed by atoms with van der Waals surface area (Å²) in [5.74, 6) is 0. The molecule has 0 bridgehead atoms. The number of benzene rings is 2. The first kappa shape index (κ1) is 14.4. The number of nitrogens with zero attached hydrogens (tertiary/aromatic N) is 1. The summed E-state index contributed by atoms with van der Waals surface area (Å²) in [6.45, 7) is 4.38. The van der Waals surface area contributed by atoms with E-state index in [4.69, 9.17) is 0 Å². The number of aryl methyl sites for hydroxylation is 1. The van der Waals surface area contributed by atoms with Crippen molar-refractivity contribution < 1.29 is 0 Å². The van der Waals surface area contributed by atoms with E-state index in [0.717, 1.165) is 6.42 Å². The lowest BCUT2D eigenvalue weighted by Crippen LogP contribution is -2.12. The van der Waals surface area contributed by atoms with E-state index in [2.05, 4.69) is 86.7 Å². The minimum Gasteiger partial charge on any atom is -0.378 e. The zero-order valence-electron chi connectivity index (χ0n) is 12.9. The third kappa shape index (κ3) is 3.32. The Kier molecular flexibility index (Phi) is 4.67. The molecular formula is C18H24N2. The zero-order valence-corrected chi connectivity index (χ0v) is 12.9. The third-order valence-electron chi connectivity index (χ3n) is 3.67. The molecule has 0 radical (unpaired) electrons. The average molecular weight is 268 g/mol. The highest BCUT2D eigenvalue weighted by atomic mass is 15.1. The Morgan fingerprint density at radius 3 is 2.30 bits per heavy atom. The summed E-state index contributed by atoms with van der Waals surface area (Å²) < 4.78 is 0. The topological polar surface area (TPSA) is 15.3 Å². The molecule has 1 N–H and O–H groups in total. The van der Waals surface area contributed by atoms with Gasteiger partial charge in [-0.05, 0) is 42.7 Å². The second-order valence-electron chi connectivity index (χ2n) is 5.41. The molecule has 0 aromatic heterocycles. The van der Waals surface area contributed by atoms with Gasteiger partial charge in [-0.2, -0.15) is 0 Å². The Morgan fingerprint density at radius 2 is 1.75 bits per heavy atom. The van der Waals surface area contributed by atoms with Gasteiger partial charge < -0.3 is 10.2 Å². The van der Waals surface area contributed by atoms with E-state index in [9.17, 15) is 0 Å². The van der Waals surface area contributed by atoms with Crippen molar-refractivity contribution in [2.24, 2.45) is 0 Å². The molecule has 2 aromatic rings. The molecular weight excluding hydrogens is 244 g/mol. The second-order valence-corrected chi connectivity index (χ2v) is 5.41. The Balaban J connectivity index is 2.20. The lowest BCUT2D eigenvalue weighted by molar-refractivity contribution is 0.748. The highest BCUT2D eigenvalue weighted by Gasteiger charge is 2.10. The summed E-state index contributed by atoms with van der Waals surface area (Å²) in [6.07, 6.45) is 1.07. The summed E-state index contributed by atoms with van der Waals surface area (Å²) >= 11 is 0. The van der Waals surface area contributed by atoms with Gasteiger partial charge in [-0.15, -0.1) is 0 Å². The number of hydrogen-bond donors (Lipinski definition) is 1. The van der Waals surface area contributed by atoms with Gasteiger partial charge in [0.05, 0.1) is 6.04 Å². The van der Waals surface area contributed by atoms with Crippen LogP contribution in [0.2, 0.25) is 0 Å². The van der Waals surface area contributed by atoms with Crippen LogP contribution < -0.4 is 10.2 Å². The van der Waals surface area contributed by atoms with Gasteiger partial charge in [-0.25, -0.2) is 0 Å². The summed E-state index contributed by atoms with van der Waals surface area (Å²) in [6, 6.07) is 17.6. The van der Waals surface area contributed by atoms with Gasteiger partial charge in [-0.3, -0.25) is 0 Å². The minimum absolute atomic E-state index is 0.361. The average Bonchev–Trinajstić information content (AvgIpc) is 2.46. The monoisotopic (exact) mass is 268 g/mol. The Bertz CT molecular complexity index is 547. The molecule has 2 rings (SSSR count). The van der Waals surface area contributed by atoms with Gasteiger partial charge in [0, 0.05) is 25.5 Å². The first-order valence-corrected chi connectivity index (χ1v) is 7.21. The minimum atomic E-state index is 0.361. The molecule has 0 amide bonds. The molecule has 0 saturated carbocycles. The largest absolute Gasteiger partial charge is 0.378 e. The molecule has 2 heteroatoms. The van der Waals surface area contributed by atoms with Crippen molar-refractivity contribution in [2.45, 2.75) is 26.3 Å². The molecule has 0 aliphatic heterocycles. The first-order valence-electron chi connectivity index (χ1n) is 7.21.